The highest BCUT2D eigenvalue weighted by Gasteiger charge is 2.36. The molecule has 1 aliphatic carbocycles. The van der Waals surface area contributed by atoms with E-state index in [0.717, 1.165) is 38.5 Å². The van der Waals surface area contributed by atoms with Gasteiger partial charge in [0.15, 0.2) is 0 Å². The number of carbonyl (C=O) groups excluding carboxylic acids is 1. The Labute approximate surface area is 130 Å². The number of nitrogens with zero attached hydrogens (tertiary/aromatic N) is 1. The molecule has 0 aromatic rings. The van der Waals surface area contributed by atoms with E-state index in [4.69, 9.17) is 4.74 Å². The van der Waals surface area contributed by atoms with E-state index in [0.29, 0.717) is 12.5 Å². The molecule has 1 saturated carbocycles. The molecule has 4 heteroatoms. The quantitative estimate of drug-likeness (QED) is 0.596. The molecular formula is C17H34N2O2. The van der Waals surface area contributed by atoms with Crippen LogP contribution in [-0.2, 0) is 9.53 Å². The van der Waals surface area contributed by atoms with E-state index in [1.54, 1.807) is 0 Å². The largest absolute Gasteiger partial charge is 0.465 e. The van der Waals surface area contributed by atoms with Gasteiger partial charge in [-0.15, -0.1) is 0 Å². The summed E-state index contributed by atoms with van der Waals surface area (Å²) in [6, 6.07) is 0.741. The molecule has 0 aromatic carbocycles. The van der Waals surface area contributed by atoms with Gasteiger partial charge in [-0.2, -0.15) is 0 Å². The molecule has 1 atom stereocenters. The van der Waals surface area contributed by atoms with Gasteiger partial charge in [-0.3, -0.25) is 4.79 Å². The normalized spacial score (nSPS) is 18.0. The van der Waals surface area contributed by atoms with Crippen LogP contribution in [0.4, 0.5) is 0 Å². The van der Waals surface area contributed by atoms with Gasteiger partial charge >= 0.3 is 5.97 Å². The van der Waals surface area contributed by atoms with Crippen molar-refractivity contribution >= 4 is 5.97 Å². The molecule has 0 aromatic heterocycles. The van der Waals surface area contributed by atoms with Crippen LogP contribution in [0.1, 0.15) is 60.3 Å². The van der Waals surface area contributed by atoms with Crippen LogP contribution in [0.2, 0.25) is 0 Å². The fourth-order valence-corrected chi connectivity index (χ4v) is 2.65. The first-order valence-electron chi connectivity index (χ1n) is 8.59. The third-order valence-corrected chi connectivity index (χ3v) is 4.05. The summed E-state index contributed by atoms with van der Waals surface area (Å²) < 4.78 is 5.27. The number of hydrogen-bond donors (Lipinski definition) is 1. The molecule has 1 N–H and O–H groups in total. The Balaban J connectivity index is 2.59. The second kappa shape index (κ2) is 8.74. The Morgan fingerprint density at radius 1 is 1.38 bits per heavy atom. The lowest BCUT2D eigenvalue weighted by Gasteiger charge is -2.32. The average Bonchev–Trinajstić information content (AvgIpc) is 3.25. The summed E-state index contributed by atoms with van der Waals surface area (Å²) in [5, 5.41) is 3.40. The van der Waals surface area contributed by atoms with Gasteiger partial charge in [-0.1, -0.05) is 20.8 Å². The molecule has 0 radical (unpaired) electrons. The minimum absolute atomic E-state index is 0.112. The second-order valence-corrected chi connectivity index (χ2v) is 6.85. The molecule has 0 aliphatic heterocycles. The summed E-state index contributed by atoms with van der Waals surface area (Å²) in [6.45, 7) is 13.9. The van der Waals surface area contributed by atoms with Crippen LogP contribution >= 0.6 is 0 Å². The molecule has 0 heterocycles. The van der Waals surface area contributed by atoms with Crippen LogP contribution in [0, 0.1) is 5.92 Å². The monoisotopic (exact) mass is 298 g/mol. The Morgan fingerprint density at radius 3 is 2.52 bits per heavy atom. The minimum atomic E-state index is -0.559. The molecule has 0 saturated heterocycles. The number of carbonyl (C=O) groups is 1. The van der Waals surface area contributed by atoms with Crippen LogP contribution in [0.5, 0.6) is 0 Å². The molecule has 124 valence electrons. The summed E-state index contributed by atoms with van der Waals surface area (Å²) in [5.41, 5.74) is -0.559. The lowest BCUT2D eigenvalue weighted by atomic mass is 9.96. The summed E-state index contributed by atoms with van der Waals surface area (Å²) in [6.07, 6.45) is 4.46. The van der Waals surface area contributed by atoms with Gasteiger partial charge in [0.25, 0.3) is 0 Å². The number of rotatable bonds is 11. The zero-order valence-electron chi connectivity index (χ0n) is 14.6. The van der Waals surface area contributed by atoms with Crippen LogP contribution in [0.15, 0.2) is 0 Å². The van der Waals surface area contributed by atoms with Crippen LogP contribution < -0.4 is 5.32 Å². The van der Waals surface area contributed by atoms with Crippen molar-refractivity contribution in [1.82, 2.24) is 10.2 Å². The van der Waals surface area contributed by atoms with Crippen LogP contribution in [0.25, 0.3) is 0 Å². The number of nitrogens with one attached hydrogen (secondary N) is 1. The van der Waals surface area contributed by atoms with E-state index in [1.165, 1.54) is 12.8 Å². The highest BCUT2D eigenvalue weighted by molar-refractivity contribution is 5.80. The molecule has 21 heavy (non-hydrogen) atoms. The lowest BCUT2D eigenvalue weighted by molar-refractivity contribution is -0.151. The van der Waals surface area contributed by atoms with Crippen molar-refractivity contribution in [3.63, 3.8) is 0 Å². The fourth-order valence-electron chi connectivity index (χ4n) is 2.65. The van der Waals surface area contributed by atoms with Crippen LogP contribution in [0.3, 0.4) is 0 Å². The Morgan fingerprint density at radius 2 is 2.05 bits per heavy atom. The maximum absolute atomic E-state index is 12.3. The summed E-state index contributed by atoms with van der Waals surface area (Å²) in [4.78, 5) is 14.8. The molecule has 0 spiro atoms. The second-order valence-electron chi connectivity index (χ2n) is 6.85. The molecule has 1 unspecified atom stereocenters. The summed E-state index contributed by atoms with van der Waals surface area (Å²) in [7, 11) is 0. The Bertz CT molecular complexity index is 316. The Hall–Kier alpha value is -0.610. The van der Waals surface area contributed by atoms with Crippen molar-refractivity contribution in [2.45, 2.75) is 71.9 Å². The first-order valence-corrected chi connectivity index (χ1v) is 8.59. The van der Waals surface area contributed by atoms with Crippen molar-refractivity contribution in [3.8, 4) is 0 Å². The maximum atomic E-state index is 12.3. The van der Waals surface area contributed by atoms with Gasteiger partial charge in [-0.05, 0) is 52.0 Å². The number of hydrogen-bond acceptors (Lipinski definition) is 4. The molecular weight excluding hydrogens is 264 g/mol. The van der Waals surface area contributed by atoms with Crippen molar-refractivity contribution < 1.29 is 9.53 Å². The first-order chi connectivity index (χ1) is 9.92. The summed E-state index contributed by atoms with van der Waals surface area (Å²) in [5.74, 6) is 0.557. The minimum Gasteiger partial charge on any atom is -0.465 e. The third-order valence-electron chi connectivity index (χ3n) is 4.05. The average molecular weight is 298 g/mol. The number of esters is 1. The predicted molar refractivity (Wildman–Crippen MR) is 87.4 cm³/mol. The van der Waals surface area contributed by atoms with E-state index in [-0.39, 0.29) is 5.97 Å². The standard InChI is InChI=1S/C17H34N2O2/c1-6-11-18-17(5,16(20)21-7-2)10-12-19(13-14(3)4)15-8-9-15/h14-15,18H,6-13H2,1-5H3. The summed E-state index contributed by atoms with van der Waals surface area (Å²) >= 11 is 0. The van der Waals surface area contributed by atoms with Gasteiger partial charge in [0.05, 0.1) is 6.61 Å². The smallest absolute Gasteiger partial charge is 0.326 e. The zero-order chi connectivity index (χ0) is 15.9. The predicted octanol–water partition coefficient (Wildman–Crippen LogP) is 2.82. The lowest BCUT2D eigenvalue weighted by Crippen LogP contribution is -2.52. The molecule has 1 fully saturated rings. The fraction of sp³-hybridized carbons (Fsp3) is 0.941. The van der Waals surface area contributed by atoms with E-state index < -0.39 is 5.54 Å². The Kier molecular flexibility index (Phi) is 7.67. The van der Waals surface area contributed by atoms with E-state index in [2.05, 4.69) is 31.0 Å². The van der Waals surface area contributed by atoms with Crippen molar-refractivity contribution in [1.29, 1.82) is 0 Å². The van der Waals surface area contributed by atoms with E-state index in [1.807, 2.05) is 13.8 Å². The highest BCUT2D eigenvalue weighted by atomic mass is 16.5. The topological polar surface area (TPSA) is 41.6 Å². The van der Waals surface area contributed by atoms with E-state index in [9.17, 15) is 4.79 Å². The molecule has 1 aliphatic rings. The van der Waals surface area contributed by atoms with Crippen molar-refractivity contribution in [2.75, 3.05) is 26.2 Å². The van der Waals surface area contributed by atoms with Gasteiger partial charge in [0, 0.05) is 19.1 Å². The van der Waals surface area contributed by atoms with Gasteiger partial charge in [0.2, 0.25) is 0 Å². The maximum Gasteiger partial charge on any atom is 0.326 e. The highest BCUT2D eigenvalue weighted by Crippen LogP contribution is 2.28. The molecule has 0 bridgehead atoms. The SMILES string of the molecule is CCCNC(C)(CCN(CC(C)C)C1CC1)C(=O)OCC. The van der Waals surface area contributed by atoms with Crippen LogP contribution in [-0.4, -0.2) is 48.7 Å². The molecule has 4 nitrogen and oxygen atoms in total. The van der Waals surface area contributed by atoms with Crippen molar-refractivity contribution in [3.05, 3.63) is 0 Å². The van der Waals surface area contributed by atoms with Gasteiger partial charge < -0.3 is 15.0 Å². The molecule has 1 rings (SSSR count). The van der Waals surface area contributed by atoms with Crippen molar-refractivity contribution in [2.24, 2.45) is 5.92 Å². The van der Waals surface area contributed by atoms with E-state index >= 15 is 0 Å². The third kappa shape index (κ3) is 6.35. The van der Waals surface area contributed by atoms with Gasteiger partial charge in [-0.25, -0.2) is 0 Å². The first kappa shape index (κ1) is 18.4. The molecule has 0 amide bonds. The van der Waals surface area contributed by atoms with Gasteiger partial charge in [0.1, 0.15) is 5.54 Å². The zero-order valence-corrected chi connectivity index (χ0v) is 14.6. The number of ether oxygens (including phenoxy) is 1.